The molecule has 0 aliphatic heterocycles. The Labute approximate surface area is 96.0 Å². The zero-order valence-corrected chi connectivity index (χ0v) is 9.57. The van der Waals surface area contributed by atoms with Gasteiger partial charge in [0.05, 0.1) is 7.11 Å². The molecule has 0 saturated heterocycles. The Kier molecular flexibility index (Phi) is 3.42. The van der Waals surface area contributed by atoms with Gasteiger partial charge in [-0.15, -0.1) is 0 Å². The minimum Gasteiger partial charge on any atom is -0.497 e. The van der Waals surface area contributed by atoms with Gasteiger partial charge in [-0.3, -0.25) is 0 Å². The molecule has 2 N–H and O–H groups in total. The Bertz CT molecular complexity index is 479. The molecule has 0 fully saturated rings. The Balaban J connectivity index is 2.32. The molecular weight excluding hydrogens is 198 g/mol. The Morgan fingerprint density at radius 1 is 1.06 bits per heavy atom. The van der Waals surface area contributed by atoms with Crippen LogP contribution in [0.15, 0.2) is 36.4 Å². The van der Waals surface area contributed by atoms with Crippen molar-refractivity contribution in [1.29, 1.82) is 0 Å². The quantitative estimate of drug-likeness (QED) is 0.851. The molecule has 16 heavy (non-hydrogen) atoms. The van der Waals surface area contributed by atoms with Crippen molar-refractivity contribution in [3.8, 4) is 5.75 Å². The van der Waals surface area contributed by atoms with Gasteiger partial charge in [-0.05, 0) is 47.9 Å². The van der Waals surface area contributed by atoms with E-state index in [-0.39, 0.29) is 0 Å². The van der Waals surface area contributed by atoms with E-state index in [0.717, 1.165) is 25.1 Å². The Morgan fingerprint density at radius 2 is 1.81 bits per heavy atom. The number of ether oxygens (including phenoxy) is 1. The van der Waals surface area contributed by atoms with Crippen molar-refractivity contribution in [1.82, 2.24) is 0 Å². The Hall–Kier alpha value is -1.54. The molecule has 0 saturated carbocycles. The third-order valence-corrected chi connectivity index (χ3v) is 2.78. The smallest absolute Gasteiger partial charge is 0.119 e. The molecule has 0 aliphatic carbocycles. The van der Waals surface area contributed by atoms with Gasteiger partial charge in [0.2, 0.25) is 0 Å². The lowest BCUT2D eigenvalue weighted by Crippen LogP contribution is -2.00. The molecule has 84 valence electrons. The van der Waals surface area contributed by atoms with Gasteiger partial charge in [-0.2, -0.15) is 0 Å². The highest BCUT2D eigenvalue weighted by Crippen LogP contribution is 2.22. The molecule has 0 heterocycles. The Morgan fingerprint density at radius 3 is 2.56 bits per heavy atom. The van der Waals surface area contributed by atoms with Crippen LogP contribution < -0.4 is 10.5 Å². The molecule has 0 unspecified atom stereocenters. The first-order valence-electron chi connectivity index (χ1n) is 5.60. The summed E-state index contributed by atoms with van der Waals surface area (Å²) in [6.07, 6.45) is 2.10. The number of hydrogen-bond donors (Lipinski definition) is 1. The lowest BCUT2D eigenvalue weighted by Gasteiger charge is -2.05. The first-order valence-corrected chi connectivity index (χ1v) is 5.60. The van der Waals surface area contributed by atoms with Gasteiger partial charge in [0.1, 0.15) is 5.75 Å². The molecule has 0 amide bonds. The van der Waals surface area contributed by atoms with Crippen LogP contribution in [0.4, 0.5) is 0 Å². The molecule has 0 atom stereocenters. The number of nitrogens with two attached hydrogens (primary N) is 1. The predicted octanol–water partition coefficient (Wildman–Crippen LogP) is 2.74. The maximum atomic E-state index is 5.51. The molecule has 0 spiro atoms. The normalized spacial score (nSPS) is 10.6. The number of fused-ring (bicyclic) bond motifs is 1. The second kappa shape index (κ2) is 4.99. The van der Waals surface area contributed by atoms with E-state index in [9.17, 15) is 0 Å². The van der Waals surface area contributed by atoms with Crippen LogP contribution in [-0.2, 0) is 6.42 Å². The number of hydrogen-bond acceptors (Lipinski definition) is 2. The SMILES string of the molecule is COc1ccc2cc(CCCN)ccc2c1. The molecule has 2 nitrogen and oxygen atoms in total. The minimum atomic E-state index is 0.751. The fourth-order valence-corrected chi connectivity index (χ4v) is 1.86. The summed E-state index contributed by atoms with van der Waals surface area (Å²) in [4.78, 5) is 0. The van der Waals surface area contributed by atoms with Gasteiger partial charge in [0, 0.05) is 0 Å². The van der Waals surface area contributed by atoms with E-state index >= 15 is 0 Å². The van der Waals surface area contributed by atoms with Crippen molar-refractivity contribution in [3.05, 3.63) is 42.0 Å². The first-order chi connectivity index (χ1) is 7.83. The van der Waals surface area contributed by atoms with Crippen LogP contribution in [0, 0.1) is 0 Å². The van der Waals surface area contributed by atoms with Gasteiger partial charge >= 0.3 is 0 Å². The van der Waals surface area contributed by atoms with Crippen molar-refractivity contribution in [3.63, 3.8) is 0 Å². The average molecular weight is 215 g/mol. The van der Waals surface area contributed by atoms with Crippen molar-refractivity contribution in [2.45, 2.75) is 12.8 Å². The highest BCUT2D eigenvalue weighted by Gasteiger charge is 1.98. The van der Waals surface area contributed by atoms with E-state index in [1.165, 1.54) is 16.3 Å². The van der Waals surface area contributed by atoms with E-state index in [2.05, 4.69) is 30.3 Å². The number of methoxy groups -OCH3 is 1. The minimum absolute atomic E-state index is 0.751. The molecule has 2 aromatic carbocycles. The van der Waals surface area contributed by atoms with Gasteiger partial charge in [0.15, 0.2) is 0 Å². The van der Waals surface area contributed by atoms with Crippen LogP contribution in [0.25, 0.3) is 10.8 Å². The summed E-state index contributed by atoms with van der Waals surface area (Å²) in [5, 5.41) is 2.48. The zero-order chi connectivity index (χ0) is 11.4. The van der Waals surface area contributed by atoms with Gasteiger partial charge in [-0.1, -0.05) is 24.3 Å². The van der Waals surface area contributed by atoms with Gasteiger partial charge < -0.3 is 10.5 Å². The standard InChI is InChI=1S/C14H17NO/c1-16-14-7-6-12-9-11(3-2-8-15)4-5-13(12)10-14/h4-7,9-10H,2-3,8,15H2,1H3. The van der Waals surface area contributed by atoms with Crippen LogP contribution in [-0.4, -0.2) is 13.7 Å². The molecule has 2 heteroatoms. The first kappa shape index (κ1) is 11.0. The molecular formula is C14H17NO. The summed E-state index contributed by atoms with van der Waals surface area (Å²) in [5.74, 6) is 0.905. The average Bonchev–Trinajstić information content (AvgIpc) is 2.35. The van der Waals surface area contributed by atoms with Crippen molar-refractivity contribution >= 4 is 10.8 Å². The summed E-state index contributed by atoms with van der Waals surface area (Å²) in [5.41, 5.74) is 6.86. The van der Waals surface area contributed by atoms with Crippen molar-refractivity contribution in [2.75, 3.05) is 13.7 Å². The summed E-state index contributed by atoms with van der Waals surface area (Å²) in [6.45, 7) is 0.751. The van der Waals surface area contributed by atoms with Crippen LogP contribution in [0.1, 0.15) is 12.0 Å². The van der Waals surface area contributed by atoms with E-state index in [1.54, 1.807) is 7.11 Å². The monoisotopic (exact) mass is 215 g/mol. The number of benzene rings is 2. The van der Waals surface area contributed by atoms with Crippen molar-refractivity contribution in [2.24, 2.45) is 5.73 Å². The fraction of sp³-hybridized carbons (Fsp3) is 0.286. The van der Waals surface area contributed by atoms with E-state index in [4.69, 9.17) is 10.5 Å². The van der Waals surface area contributed by atoms with Crippen LogP contribution >= 0.6 is 0 Å². The summed E-state index contributed by atoms with van der Waals surface area (Å²) in [6, 6.07) is 12.7. The molecule has 0 aliphatic rings. The second-order valence-corrected chi connectivity index (χ2v) is 3.94. The fourth-order valence-electron chi connectivity index (χ4n) is 1.86. The van der Waals surface area contributed by atoms with E-state index in [0.29, 0.717) is 0 Å². The summed E-state index contributed by atoms with van der Waals surface area (Å²) >= 11 is 0. The summed E-state index contributed by atoms with van der Waals surface area (Å²) < 4.78 is 5.20. The molecule has 0 radical (unpaired) electrons. The lowest BCUT2D eigenvalue weighted by atomic mass is 10.0. The maximum absolute atomic E-state index is 5.51. The molecule has 0 bridgehead atoms. The number of aryl methyl sites for hydroxylation is 1. The van der Waals surface area contributed by atoms with E-state index in [1.807, 2.05) is 6.07 Å². The van der Waals surface area contributed by atoms with Gasteiger partial charge in [0.25, 0.3) is 0 Å². The van der Waals surface area contributed by atoms with Crippen LogP contribution in [0.2, 0.25) is 0 Å². The summed E-state index contributed by atoms with van der Waals surface area (Å²) in [7, 11) is 1.69. The maximum Gasteiger partial charge on any atom is 0.119 e. The third kappa shape index (κ3) is 2.34. The topological polar surface area (TPSA) is 35.2 Å². The van der Waals surface area contributed by atoms with Crippen LogP contribution in [0.3, 0.4) is 0 Å². The molecule has 2 rings (SSSR count). The highest BCUT2D eigenvalue weighted by molar-refractivity contribution is 5.84. The number of rotatable bonds is 4. The second-order valence-electron chi connectivity index (χ2n) is 3.94. The third-order valence-electron chi connectivity index (χ3n) is 2.78. The zero-order valence-electron chi connectivity index (χ0n) is 9.57. The van der Waals surface area contributed by atoms with Crippen LogP contribution in [0.5, 0.6) is 5.75 Å². The molecule has 0 aromatic heterocycles. The highest BCUT2D eigenvalue weighted by atomic mass is 16.5. The van der Waals surface area contributed by atoms with Gasteiger partial charge in [-0.25, -0.2) is 0 Å². The predicted molar refractivity (Wildman–Crippen MR) is 67.9 cm³/mol. The molecule has 2 aromatic rings. The lowest BCUT2D eigenvalue weighted by molar-refractivity contribution is 0.415. The van der Waals surface area contributed by atoms with E-state index < -0.39 is 0 Å². The largest absolute Gasteiger partial charge is 0.497 e. The van der Waals surface area contributed by atoms with Crippen molar-refractivity contribution < 1.29 is 4.74 Å².